The summed E-state index contributed by atoms with van der Waals surface area (Å²) in [4.78, 5) is 13.2. The van der Waals surface area contributed by atoms with Crippen molar-refractivity contribution >= 4 is 15.9 Å². The highest BCUT2D eigenvalue weighted by molar-refractivity contribution is 7.89. The van der Waals surface area contributed by atoms with Gasteiger partial charge in [0.05, 0.1) is 4.90 Å². The molecule has 4 aliphatic carbocycles. The van der Waals surface area contributed by atoms with Gasteiger partial charge in [-0.1, -0.05) is 6.07 Å². The number of nitrogens with zero attached hydrogens (tertiary/aromatic N) is 1. The van der Waals surface area contributed by atoms with E-state index >= 15 is 0 Å². The van der Waals surface area contributed by atoms with Crippen LogP contribution in [0.1, 0.15) is 44.9 Å². The zero-order valence-corrected chi connectivity index (χ0v) is 17.5. The van der Waals surface area contributed by atoms with Crippen LogP contribution in [0.3, 0.4) is 0 Å². The normalized spacial score (nSPS) is 36.4. The number of aromatic hydroxyl groups is 1. The van der Waals surface area contributed by atoms with Crippen molar-refractivity contribution in [3.05, 3.63) is 24.3 Å². The van der Waals surface area contributed by atoms with Crippen LogP contribution in [-0.2, 0) is 14.8 Å². The van der Waals surface area contributed by atoms with Gasteiger partial charge >= 0.3 is 0 Å². The van der Waals surface area contributed by atoms with E-state index in [2.05, 4.69) is 5.32 Å². The number of carbonyl (C=O) groups excluding carboxylic acids is 1. The minimum Gasteiger partial charge on any atom is -0.508 e. The zero-order valence-electron chi connectivity index (χ0n) is 16.7. The lowest BCUT2D eigenvalue weighted by atomic mass is 9.49. The van der Waals surface area contributed by atoms with Crippen molar-refractivity contribution in [1.82, 2.24) is 9.62 Å². The molecule has 1 heterocycles. The van der Waals surface area contributed by atoms with E-state index in [4.69, 9.17) is 0 Å². The maximum atomic E-state index is 13.1. The average Bonchev–Trinajstić information content (AvgIpc) is 3.15. The first-order chi connectivity index (χ1) is 13.8. The molecule has 0 spiro atoms. The van der Waals surface area contributed by atoms with Crippen molar-refractivity contribution in [2.45, 2.75) is 49.8 Å². The molecule has 2 N–H and O–H groups in total. The van der Waals surface area contributed by atoms with Crippen molar-refractivity contribution in [2.24, 2.45) is 29.1 Å². The first-order valence-corrected chi connectivity index (χ1v) is 12.4. The molecule has 4 saturated carbocycles. The van der Waals surface area contributed by atoms with Gasteiger partial charge < -0.3 is 10.4 Å². The summed E-state index contributed by atoms with van der Waals surface area (Å²) in [5, 5.41) is 12.8. The highest BCUT2D eigenvalue weighted by Crippen LogP contribution is 2.60. The third kappa shape index (κ3) is 3.46. The molecule has 5 aliphatic rings. The Balaban J connectivity index is 1.19. The number of hydrogen-bond acceptors (Lipinski definition) is 4. The van der Waals surface area contributed by atoms with Crippen molar-refractivity contribution < 1.29 is 18.3 Å². The van der Waals surface area contributed by atoms with Crippen LogP contribution < -0.4 is 5.32 Å². The highest BCUT2D eigenvalue weighted by Gasteiger charge is 2.54. The molecular weight excluding hydrogens is 388 g/mol. The van der Waals surface area contributed by atoms with Gasteiger partial charge in [0.2, 0.25) is 15.9 Å². The summed E-state index contributed by atoms with van der Waals surface area (Å²) in [6.45, 7) is 1.42. The van der Waals surface area contributed by atoms with Gasteiger partial charge in [0, 0.05) is 25.0 Å². The second-order valence-electron chi connectivity index (χ2n) is 9.92. The van der Waals surface area contributed by atoms with E-state index in [0.29, 0.717) is 19.6 Å². The van der Waals surface area contributed by atoms with E-state index in [1.165, 1.54) is 41.8 Å². The van der Waals surface area contributed by atoms with Crippen molar-refractivity contribution in [3.63, 3.8) is 0 Å². The molecular formula is C22H30N2O4S. The highest BCUT2D eigenvalue weighted by atomic mass is 32.2. The summed E-state index contributed by atoms with van der Waals surface area (Å²) >= 11 is 0. The van der Waals surface area contributed by atoms with Crippen LogP contribution in [0, 0.1) is 29.1 Å². The molecule has 1 aromatic carbocycles. The van der Waals surface area contributed by atoms with E-state index in [-0.39, 0.29) is 27.9 Å². The van der Waals surface area contributed by atoms with E-state index in [0.717, 1.165) is 43.4 Å². The van der Waals surface area contributed by atoms with Crippen LogP contribution in [0.4, 0.5) is 0 Å². The number of phenols is 1. The van der Waals surface area contributed by atoms with Gasteiger partial charge in [-0.3, -0.25) is 4.79 Å². The number of nitrogens with one attached hydrogen (secondary N) is 1. The average molecular weight is 419 g/mol. The molecule has 5 fully saturated rings. The summed E-state index contributed by atoms with van der Waals surface area (Å²) in [5.74, 6) is 2.51. The topological polar surface area (TPSA) is 86.7 Å². The van der Waals surface area contributed by atoms with E-state index in [9.17, 15) is 18.3 Å². The smallest absolute Gasteiger partial charge is 0.243 e. The van der Waals surface area contributed by atoms with E-state index in [1.807, 2.05) is 0 Å². The van der Waals surface area contributed by atoms with Crippen LogP contribution >= 0.6 is 0 Å². The predicted molar refractivity (Wildman–Crippen MR) is 109 cm³/mol. The number of amides is 1. The molecule has 0 radical (unpaired) electrons. The molecule has 0 aromatic heterocycles. The number of hydrogen-bond donors (Lipinski definition) is 2. The predicted octanol–water partition coefficient (Wildman–Crippen LogP) is 2.74. The van der Waals surface area contributed by atoms with Gasteiger partial charge in [-0.25, -0.2) is 8.42 Å². The molecule has 1 atom stereocenters. The Labute approximate surface area is 172 Å². The Morgan fingerprint density at radius 3 is 2.41 bits per heavy atom. The van der Waals surface area contributed by atoms with Crippen LogP contribution in [0.5, 0.6) is 5.75 Å². The van der Waals surface area contributed by atoms with Crippen LogP contribution in [0.25, 0.3) is 0 Å². The first-order valence-electron chi connectivity index (χ1n) is 10.9. The van der Waals surface area contributed by atoms with Gasteiger partial charge in [0.25, 0.3) is 0 Å². The molecule has 158 valence electrons. The molecule has 4 bridgehead atoms. The molecule has 6 rings (SSSR count). The van der Waals surface area contributed by atoms with Gasteiger partial charge in [-0.05, 0) is 86.8 Å². The van der Waals surface area contributed by atoms with E-state index < -0.39 is 10.0 Å². The lowest BCUT2D eigenvalue weighted by molar-refractivity contribution is -0.146. The lowest BCUT2D eigenvalue weighted by Crippen LogP contribution is -2.54. The maximum absolute atomic E-state index is 13.1. The van der Waals surface area contributed by atoms with Gasteiger partial charge in [0.15, 0.2) is 0 Å². The third-order valence-electron chi connectivity index (χ3n) is 7.78. The summed E-state index contributed by atoms with van der Waals surface area (Å²) < 4.78 is 27.1. The Kier molecular flexibility index (Phi) is 4.66. The molecule has 1 unspecified atom stereocenters. The number of carbonyl (C=O) groups is 1. The fourth-order valence-corrected chi connectivity index (χ4v) is 8.36. The van der Waals surface area contributed by atoms with Crippen molar-refractivity contribution in [2.75, 3.05) is 19.6 Å². The Bertz CT molecular complexity index is 878. The molecule has 1 aromatic rings. The summed E-state index contributed by atoms with van der Waals surface area (Å²) in [7, 11) is -3.61. The Hall–Kier alpha value is -1.60. The summed E-state index contributed by atoms with van der Waals surface area (Å²) in [5.41, 5.74) is -0.152. The van der Waals surface area contributed by atoms with E-state index in [1.54, 1.807) is 6.07 Å². The number of benzene rings is 1. The van der Waals surface area contributed by atoms with Gasteiger partial charge in [-0.15, -0.1) is 0 Å². The fourth-order valence-electron chi connectivity index (χ4n) is 6.79. The molecule has 1 amide bonds. The standard InChI is InChI=1S/C22H30N2O4S/c25-19-2-1-3-20(9-19)29(27,28)24-5-4-15(14-24)13-23-21(26)22-10-16-6-17(11-22)8-18(7-16)12-22/h1-3,9,15-18,25H,4-8,10-14H2,(H,23,26). The van der Waals surface area contributed by atoms with Gasteiger partial charge in [0.1, 0.15) is 5.75 Å². The number of phenolic OH excluding ortho intramolecular Hbond substituents is 1. The second kappa shape index (κ2) is 6.98. The number of rotatable bonds is 5. The Morgan fingerprint density at radius 2 is 1.79 bits per heavy atom. The minimum absolute atomic E-state index is 0.0512. The molecule has 29 heavy (non-hydrogen) atoms. The lowest BCUT2D eigenvalue weighted by Gasteiger charge is -2.55. The molecule has 1 aliphatic heterocycles. The maximum Gasteiger partial charge on any atom is 0.243 e. The third-order valence-corrected chi connectivity index (χ3v) is 9.64. The van der Waals surface area contributed by atoms with Crippen LogP contribution in [-0.4, -0.2) is 43.4 Å². The van der Waals surface area contributed by atoms with Gasteiger partial charge in [-0.2, -0.15) is 4.31 Å². The minimum atomic E-state index is -3.61. The molecule has 6 nitrogen and oxygen atoms in total. The van der Waals surface area contributed by atoms with Crippen molar-refractivity contribution in [3.8, 4) is 5.75 Å². The first kappa shape index (κ1) is 19.4. The van der Waals surface area contributed by atoms with Crippen LogP contribution in [0.15, 0.2) is 29.2 Å². The van der Waals surface area contributed by atoms with Crippen LogP contribution in [0.2, 0.25) is 0 Å². The Morgan fingerprint density at radius 1 is 1.14 bits per heavy atom. The van der Waals surface area contributed by atoms with Crippen molar-refractivity contribution in [1.29, 1.82) is 0 Å². The second-order valence-corrected chi connectivity index (χ2v) is 11.9. The number of sulfonamides is 1. The fraction of sp³-hybridized carbons (Fsp3) is 0.682. The largest absolute Gasteiger partial charge is 0.508 e. The monoisotopic (exact) mass is 418 g/mol. The SMILES string of the molecule is O=C(NCC1CCN(S(=O)(=O)c2cccc(O)c2)C1)C12CC3CC(CC(C3)C1)C2. The molecule has 1 saturated heterocycles. The summed E-state index contributed by atoms with van der Waals surface area (Å²) in [6.07, 6.45) is 7.85. The quantitative estimate of drug-likeness (QED) is 0.770. The summed E-state index contributed by atoms with van der Waals surface area (Å²) in [6, 6.07) is 5.81. The zero-order chi connectivity index (χ0) is 20.2. The molecule has 7 heteroatoms.